The minimum atomic E-state index is -0.0334. The molecule has 0 spiro atoms. The Bertz CT molecular complexity index is 1110. The zero-order chi connectivity index (χ0) is 19.0. The van der Waals surface area contributed by atoms with Crippen molar-refractivity contribution in [2.45, 2.75) is 26.2 Å². The third-order valence-corrected chi connectivity index (χ3v) is 6.21. The molecule has 27 heavy (non-hydrogen) atoms. The second-order valence-corrected chi connectivity index (χ2v) is 8.97. The summed E-state index contributed by atoms with van der Waals surface area (Å²) in [6, 6.07) is 31.0. The van der Waals surface area contributed by atoms with Crippen LogP contribution in [0.3, 0.4) is 0 Å². The van der Waals surface area contributed by atoms with Crippen molar-refractivity contribution in [3.8, 4) is 11.1 Å². The van der Waals surface area contributed by atoms with Gasteiger partial charge in [0.1, 0.15) is 0 Å². The van der Waals surface area contributed by atoms with E-state index in [-0.39, 0.29) is 5.41 Å². The van der Waals surface area contributed by atoms with Gasteiger partial charge in [0.25, 0.3) is 0 Å². The van der Waals surface area contributed by atoms with Gasteiger partial charge in [0, 0.05) is 8.99 Å². The normalized spacial score (nSPS) is 11.7. The minimum absolute atomic E-state index is 0.0334. The zero-order valence-corrected chi connectivity index (χ0v) is 18.1. The molecule has 0 saturated heterocycles. The van der Waals surface area contributed by atoms with E-state index >= 15 is 0 Å². The summed E-state index contributed by atoms with van der Waals surface area (Å²) in [7, 11) is 0. The molecule has 0 aliphatic heterocycles. The van der Waals surface area contributed by atoms with Crippen LogP contribution in [0.15, 0.2) is 84.9 Å². The van der Waals surface area contributed by atoms with Gasteiger partial charge in [0.15, 0.2) is 0 Å². The standard InChI is InChI=1S/C26H23I/c1-18-9-10-22(17-25(18)26(2,3)23-7-5-4-6-8-23)19-11-12-21-16-24(27)14-13-20(21)15-19/h4-17H,1-3H3. The van der Waals surface area contributed by atoms with E-state index in [0.717, 1.165) is 0 Å². The molecule has 0 N–H and O–H groups in total. The molecule has 0 aliphatic rings. The maximum absolute atomic E-state index is 2.37. The lowest BCUT2D eigenvalue weighted by Gasteiger charge is -2.28. The highest BCUT2D eigenvalue weighted by atomic mass is 127. The van der Waals surface area contributed by atoms with Crippen LogP contribution >= 0.6 is 22.6 Å². The maximum Gasteiger partial charge on any atom is 0.0149 e. The van der Waals surface area contributed by atoms with Gasteiger partial charge in [0.05, 0.1) is 0 Å². The van der Waals surface area contributed by atoms with Crippen LogP contribution in [0.5, 0.6) is 0 Å². The molecule has 0 aliphatic carbocycles. The lowest BCUT2D eigenvalue weighted by atomic mass is 9.75. The SMILES string of the molecule is Cc1ccc(-c2ccc3cc(I)ccc3c2)cc1C(C)(C)c1ccccc1. The van der Waals surface area contributed by atoms with E-state index in [1.807, 2.05) is 0 Å². The molecule has 4 rings (SSSR count). The fourth-order valence-electron chi connectivity index (χ4n) is 3.88. The average Bonchev–Trinajstić information content (AvgIpc) is 2.68. The van der Waals surface area contributed by atoms with Crippen molar-refractivity contribution >= 4 is 33.4 Å². The van der Waals surface area contributed by atoms with Crippen LogP contribution in [0.1, 0.15) is 30.5 Å². The fraction of sp³-hybridized carbons (Fsp3) is 0.154. The van der Waals surface area contributed by atoms with Gasteiger partial charge in [-0.3, -0.25) is 0 Å². The molecule has 4 aromatic rings. The van der Waals surface area contributed by atoms with E-state index < -0.39 is 0 Å². The van der Waals surface area contributed by atoms with E-state index in [0.29, 0.717) is 0 Å². The molecule has 0 atom stereocenters. The first-order valence-corrected chi connectivity index (χ1v) is 10.4. The molecular formula is C26H23I. The smallest absolute Gasteiger partial charge is 0.0149 e. The first-order valence-electron chi connectivity index (χ1n) is 9.31. The summed E-state index contributed by atoms with van der Waals surface area (Å²) in [5.74, 6) is 0. The quantitative estimate of drug-likeness (QED) is 0.273. The Labute approximate surface area is 175 Å². The topological polar surface area (TPSA) is 0 Å². The van der Waals surface area contributed by atoms with Crippen molar-refractivity contribution in [1.29, 1.82) is 0 Å². The average molecular weight is 462 g/mol. The maximum atomic E-state index is 2.37. The Morgan fingerprint density at radius 3 is 2.07 bits per heavy atom. The summed E-state index contributed by atoms with van der Waals surface area (Å²) in [5.41, 5.74) is 6.58. The van der Waals surface area contributed by atoms with Crippen molar-refractivity contribution < 1.29 is 0 Å². The molecule has 0 saturated carbocycles. The second-order valence-electron chi connectivity index (χ2n) is 7.73. The summed E-state index contributed by atoms with van der Waals surface area (Å²) in [4.78, 5) is 0. The van der Waals surface area contributed by atoms with Gasteiger partial charge in [0.2, 0.25) is 0 Å². The lowest BCUT2D eigenvalue weighted by Crippen LogP contribution is -2.20. The van der Waals surface area contributed by atoms with E-state index in [9.17, 15) is 0 Å². The molecule has 0 radical (unpaired) electrons. The predicted molar refractivity (Wildman–Crippen MR) is 125 cm³/mol. The summed E-state index contributed by atoms with van der Waals surface area (Å²) in [6.45, 7) is 6.85. The molecule has 0 heterocycles. The van der Waals surface area contributed by atoms with Crippen LogP contribution in [0.2, 0.25) is 0 Å². The molecule has 0 unspecified atom stereocenters. The number of fused-ring (bicyclic) bond motifs is 1. The number of hydrogen-bond acceptors (Lipinski definition) is 0. The summed E-state index contributed by atoms with van der Waals surface area (Å²) in [5, 5.41) is 2.58. The van der Waals surface area contributed by atoms with Crippen LogP contribution in [0.4, 0.5) is 0 Å². The van der Waals surface area contributed by atoms with E-state index in [4.69, 9.17) is 0 Å². The monoisotopic (exact) mass is 462 g/mol. The van der Waals surface area contributed by atoms with Gasteiger partial charge >= 0.3 is 0 Å². The van der Waals surface area contributed by atoms with Crippen LogP contribution in [0, 0.1) is 10.5 Å². The molecule has 4 aromatic carbocycles. The van der Waals surface area contributed by atoms with Crippen molar-refractivity contribution in [1.82, 2.24) is 0 Å². The number of aryl methyl sites for hydroxylation is 1. The molecular weight excluding hydrogens is 439 g/mol. The third kappa shape index (κ3) is 3.53. The molecule has 0 aromatic heterocycles. The van der Waals surface area contributed by atoms with Gasteiger partial charge in [-0.1, -0.05) is 80.6 Å². The van der Waals surface area contributed by atoms with Crippen LogP contribution < -0.4 is 0 Å². The number of hydrogen-bond donors (Lipinski definition) is 0. The van der Waals surface area contributed by atoms with Gasteiger partial charge in [-0.2, -0.15) is 0 Å². The number of halogens is 1. The van der Waals surface area contributed by atoms with Gasteiger partial charge in [-0.05, 0) is 86.3 Å². The molecule has 134 valence electrons. The Kier molecular flexibility index (Phi) is 4.81. The van der Waals surface area contributed by atoms with Crippen LogP contribution in [-0.4, -0.2) is 0 Å². The lowest BCUT2D eigenvalue weighted by molar-refractivity contribution is 0.636. The minimum Gasteiger partial charge on any atom is -0.0622 e. The van der Waals surface area contributed by atoms with Crippen molar-refractivity contribution in [2.75, 3.05) is 0 Å². The van der Waals surface area contributed by atoms with Crippen LogP contribution in [-0.2, 0) is 5.41 Å². The zero-order valence-electron chi connectivity index (χ0n) is 16.0. The first-order chi connectivity index (χ1) is 12.9. The van der Waals surface area contributed by atoms with E-state index in [2.05, 4.69) is 128 Å². The van der Waals surface area contributed by atoms with Crippen molar-refractivity contribution in [3.63, 3.8) is 0 Å². The Morgan fingerprint density at radius 2 is 1.30 bits per heavy atom. The Balaban J connectivity index is 1.82. The van der Waals surface area contributed by atoms with E-state index in [1.165, 1.54) is 42.2 Å². The molecule has 0 fully saturated rings. The second kappa shape index (κ2) is 7.12. The molecule has 1 heteroatoms. The predicted octanol–water partition coefficient (Wildman–Crippen LogP) is 7.75. The molecule has 0 bridgehead atoms. The highest BCUT2D eigenvalue weighted by molar-refractivity contribution is 14.1. The molecule has 0 amide bonds. The number of benzene rings is 4. The van der Waals surface area contributed by atoms with Gasteiger partial charge in [-0.15, -0.1) is 0 Å². The number of rotatable bonds is 3. The molecule has 0 nitrogen and oxygen atoms in total. The van der Waals surface area contributed by atoms with Crippen LogP contribution in [0.25, 0.3) is 21.9 Å². The Morgan fingerprint density at radius 1 is 0.667 bits per heavy atom. The summed E-state index contributed by atoms with van der Waals surface area (Å²) < 4.78 is 1.27. The Hall–Kier alpha value is -2.13. The van der Waals surface area contributed by atoms with Crippen molar-refractivity contribution in [3.05, 3.63) is 105 Å². The highest BCUT2D eigenvalue weighted by Crippen LogP contribution is 2.36. The van der Waals surface area contributed by atoms with Gasteiger partial charge < -0.3 is 0 Å². The van der Waals surface area contributed by atoms with E-state index in [1.54, 1.807) is 0 Å². The summed E-state index contributed by atoms with van der Waals surface area (Å²) in [6.07, 6.45) is 0. The first kappa shape index (κ1) is 18.2. The fourth-order valence-corrected chi connectivity index (χ4v) is 4.40. The largest absolute Gasteiger partial charge is 0.0622 e. The van der Waals surface area contributed by atoms with Crippen molar-refractivity contribution in [2.24, 2.45) is 0 Å². The van der Waals surface area contributed by atoms with Gasteiger partial charge in [-0.25, -0.2) is 0 Å². The highest BCUT2D eigenvalue weighted by Gasteiger charge is 2.25. The third-order valence-electron chi connectivity index (χ3n) is 5.54. The summed E-state index contributed by atoms with van der Waals surface area (Å²) >= 11 is 2.37.